The summed E-state index contributed by atoms with van der Waals surface area (Å²) in [5.41, 5.74) is 0. The van der Waals surface area contributed by atoms with Gasteiger partial charge in [0.05, 0.1) is 6.10 Å². The molecule has 0 amide bonds. The van der Waals surface area contributed by atoms with Gasteiger partial charge in [0.15, 0.2) is 0 Å². The van der Waals surface area contributed by atoms with Crippen molar-refractivity contribution >= 4 is 12.4 Å². The Morgan fingerprint density at radius 3 is 2.33 bits per heavy atom. The lowest BCUT2D eigenvalue weighted by Crippen LogP contribution is -2.26. The molecule has 2 heterocycles. The molecule has 0 saturated carbocycles. The fraction of sp³-hybridized carbons (Fsp3) is 1.00. The van der Waals surface area contributed by atoms with E-state index in [9.17, 15) is 0 Å². The van der Waals surface area contributed by atoms with Crippen molar-refractivity contribution in [1.82, 2.24) is 5.32 Å². The second-order valence-electron chi connectivity index (χ2n) is 2.85. The maximum atomic E-state index is 9.16. The quantitative estimate of drug-likeness (QED) is 0.519. The minimum atomic E-state index is -0.0336. The molecule has 0 aliphatic carbocycles. The number of aliphatic hydroxyl groups excluding tert-OH is 1. The second kappa shape index (κ2) is 2.45. The first-order valence-electron chi connectivity index (χ1n) is 3.30. The van der Waals surface area contributed by atoms with Crippen molar-refractivity contribution in [2.45, 2.75) is 37.5 Å². The summed E-state index contributed by atoms with van der Waals surface area (Å²) in [5.74, 6) is 0. The highest BCUT2D eigenvalue weighted by molar-refractivity contribution is 5.85. The van der Waals surface area contributed by atoms with Crippen LogP contribution in [0.2, 0.25) is 0 Å². The fourth-order valence-corrected chi connectivity index (χ4v) is 1.80. The molecule has 2 bridgehead atoms. The van der Waals surface area contributed by atoms with E-state index in [0.29, 0.717) is 12.1 Å². The van der Waals surface area contributed by atoms with Crippen molar-refractivity contribution in [2.75, 3.05) is 0 Å². The lowest BCUT2D eigenvalue weighted by Gasteiger charge is -2.12. The molecule has 2 nitrogen and oxygen atoms in total. The average Bonchev–Trinajstić information content (AvgIpc) is 2.23. The van der Waals surface area contributed by atoms with Crippen molar-refractivity contribution in [3.63, 3.8) is 0 Å². The summed E-state index contributed by atoms with van der Waals surface area (Å²) in [6.07, 6.45) is 3.42. The van der Waals surface area contributed by atoms with E-state index in [0.717, 1.165) is 6.42 Å². The first-order chi connectivity index (χ1) is 3.86. The van der Waals surface area contributed by atoms with Gasteiger partial charge >= 0.3 is 0 Å². The molecular weight excluding hydrogens is 138 g/mol. The van der Waals surface area contributed by atoms with Crippen LogP contribution in [-0.4, -0.2) is 23.3 Å². The third-order valence-electron chi connectivity index (χ3n) is 2.27. The molecule has 0 aromatic carbocycles. The van der Waals surface area contributed by atoms with Crippen molar-refractivity contribution in [3.8, 4) is 0 Å². The highest BCUT2D eigenvalue weighted by Crippen LogP contribution is 2.27. The summed E-state index contributed by atoms with van der Waals surface area (Å²) in [4.78, 5) is 0. The van der Waals surface area contributed by atoms with Crippen molar-refractivity contribution in [2.24, 2.45) is 0 Å². The first-order valence-corrected chi connectivity index (χ1v) is 3.30. The van der Waals surface area contributed by atoms with Crippen LogP contribution in [0.3, 0.4) is 0 Å². The summed E-state index contributed by atoms with van der Waals surface area (Å²) in [7, 11) is 0. The maximum Gasteiger partial charge on any atom is 0.0708 e. The molecule has 2 saturated heterocycles. The predicted molar refractivity (Wildman–Crippen MR) is 37.8 cm³/mol. The van der Waals surface area contributed by atoms with Gasteiger partial charge in [-0.1, -0.05) is 0 Å². The van der Waals surface area contributed by atoms with Crippen molar-refractivity contribution in [1.29, 1.82) is 0 Å². The Morgan fingerprint density at radius 1 is 1.33 bits per heavy atom. The van der Waals surface area contributed by atoms with E-state index in [1.54, 1.807) is 0 Å². The summed E-state index contributed by atoms with van der Waals surface area (Å²) in [6.45, 7) is 0. The van der Waals surface area contributed by atoms with Crippen LogP contribution >= 0.6 is 12.4 Å². The van der Waals surface area contributed by atoms with Crippen molar-refractivity contribution < 1.29 is 5.11 Å². The van der Waals surface area contributed by atoms with E-state index >= 15 is 0 Å². The SMILES string of the molecule is Cl.O[C@H]1C[C@@H]2CC[C@H]1N2. The van der Waals surface area contributed by atoms with Crippen LogP contribution in [0.1, 0.15) is 19.3 Å². The third kappa shape index (κ3) is 1.07. The predicted octanol–water partition coefficient (Wildman–Crippen LogP) is 0.293. The van der Waals surface area contributed by atoms with Gasteiger partial charge in [-0.15, -0.1) is 12.4 Å². The molecule has 2 rings (SSSR count). The largest absolute Gasteiger partial charge is 0.391 e. The molecule has 0 unspecified atom stereocenters. The van der Waals surface area contributed by atoms with E-state index < -0.39 is 0 Å². The van der Waals surface area contributed by atoms with Gasteiger partial charge in [-0.3, -0.25) is 0 Å². The number of hydrogen-bond acceptors (Lipinski definition) is 2. The van der Waals surface area contributed by atoms with E-state index in [1.807, 2.05) is 0 Å². The van der Waals surface area contributed by atoms with Crippen LogP contribution in [0.15, 0.2) is 0 Å². The summed E-state index contributed by atoms with van der Waals surface area (Å²) in [5, 5.41) is 12.5. The van der Waals surface area contributed by atoms with E-state index in [-0.39, 0.29) is 18.5 Å². The van der Waals surface area contributed by atoms with E-state index in [4.69, 9.17) is 5.11 Å². The van der Waals surface area contributed by atoms with Crippen LogP contribution in [0.5, 0.6) is 0 Å². The monoisotopic (exact) mass is 149 g/mol. The molecule has 0 radical (unpaired) electrons. The topological polar surface area (TPSA) is 32.3 Å². The van der Waals surface area contributed by atoms with Gasteiger partial charge < -0.3 is 10.4 Å². The van der Waals surface area contributed by atoms with Crippen LogP contribution < -0.4 is 5.32 Å². The Morgan fingerprint density at radius 2 is 2.11 bits per heavy atom. The summed E-state index contributed by atoms with van der Waals surface area (Å²) in [6, 6.07) is 1.09. The maximum absolute atomic E-state index is 9.16. The van der Waals surface area contributed by atoms with Gasteiger partial charge in [-0.05, 0) is 19.3 Å². The zero-order chi connectivity index (χ0) is 5.56. The Bertz CT molecular complexity index is 107. The Kier molecular flexibility index (Phi) is 1.99. The van der Waals surface area contributed by atoms with Gasteiger partial charge in [0.2, 0.25) is 0 Å². The highest BCUT2D eigenvalue weighted by Gasteiger charge is 2.37. The van der Waals surface area contributed by atoms with Crippen LogP contribution in [-0.2, 0) is 0 Å². The van der Waals surface area contributed by atoms with Crippen molar-refractivity contribution in [3.05, 3.63) is 0 Å². The normalized spacial score (nSPS) is 47.0. The van der Waals surface area contributed by atoms with Gasteiger partial charge in [0, 0.05) is 12.1 Å². The molecule has 3 heteroatoms. The lowest BCUT2D eigenvalue weighted by molar-refractivity contribution is 0.145. The minimum absolute atomic E-state index is 0. The molecule has 2 aliphatic rings. The van der Waals surface area contributed by atoms with Crippen LogP contribution in [0.25, 0.3) is 0 Å². The molecule has 3 atom stereocenters. The molecule has 9 heavy (non-hydrogen) atoms. The average molecular weight is 150 g/mol. The number of halogens is 1. The Balaban J connectivity index is 0.000000405. The third-order valence-corrected chi connectivity index (χ3v) is 2.27. The molecule has 0 spiro atoms. The number of nitrogens with one attached hydrogen (secondary N) is 1. The zero-order valence-corrected chi connectivity index (χ0v) is 6.03. The van der Waals surface area contributed by atoms with Gasteiger partial charge in [-0.25, -0.2) is 0 Å². The minimum Gasteiger partial charge on any atom is -0.391 e. The molecule has 54 valence electrons. The van der Waals surface area contributed by atoms with E-state index in [1.165, 1.54) is 12.8 Å². The second-order valence-corrected chi connectivity index (χ2v) is 2.85. The summed E-state index contributed by atoms with van der Waals surface area (Å²) < 4.78 is 0. The Hall–Kier alpha value is 0.210. The van der Waals surface area contributed by atoms with E-state index in [2.05, 4.69) is 5.32 Å². The van der Waals surface area contributed by atoms with Gasteiger partial charge in [-0.2, -0.15) is 0 Å². The number of hydrogen-bond donors (Lipinski definition) is 2. The fourth-order valence-electron chi connectivity index (χ4n) is 1.80. The summed E-state index contributed by atoms with van der Waals surface area (Å²) >= 11 is 0. The first kappa shape index (κ1) is 7.32. The highest BCUT2D eigenvalue weighted by atomic mass is 35.5. The number of aliphatic hydroxyl groups is 1. The molecular formula is C6H12ClNO. The Labute approximate surface area is 61.0 Å². The molecule has 2 aliphatic heterocycles. The molecule has 2 fully saturated rings. The molecule has 2 N–H and O–H groups in total. The molecule has 0 aromatic heterocycles. The number of fused-ring (bicyclic) bond motifs is 2. The smallest absolute Gasteiger partial charge is 0.0708 e. The van der Waals surface area contributed by atoms with Crippen LogP contribution in [0, 0.1) is 0 Å². The number of rotatable bonds is 0. The lowest BCUT2D eigenvalue weighted by atomic mass is 9.98. The van der Waals surface area contributed by atoms with Gasteiger partial charge in [0.25, 0.3) is 0 Å². The zero-order valence-electron chi connectivity index (χ0n) is 5.21. The standard InChI is InChI=1S/C6H11NO.ClH/c8-6-3-4-1-2-5(6)7-4;/h4-8H,1-3H2;1H/t4-,5+,6-;/m0./s1. The van der Waals surface area contributed by atoms with Crippen LogP contribution in [0.4, 0.5) is 0 Å². The molecule has 0 aromatic rings. The van der Waals surface area contributed by atoms with Gasteiger partial charge in [0.1, 0.15) is 0 Å².